The van der Waals surface area contributed by atoms with Gasteiger partial charge >= 0.3 is 0 Å². The Hall–Kier alpha value is -3.45. The lowest BCUT2D eigenvalue weighted by Gasteiger charge is -2.27. The molecule has 6 nitrogen and oxygen atoms in total. The Balaban J connectivity index is 0.000000197. The molecule has 1 saturated heterocycles. The minimum atomic E-state index is 0. The molecule has 234 valence electrons. The van der Waals surface area contributed by atoms with Gasteiger partial charge in [0.2, 0.25) is 12.7 Å². The zero-order valence-electron chi connectivity index (χ0n) is 25.7. The lowest BCUT2D eigenvalue weighted by atomic mass is 10.0. The van der Waals surface area contributed by atoms with Crippen LogP contribution in [0.1, 0.15) is 42.4 Å². The predicted octanol–water partition coefficient (Wildman–Crippen LogP) is 7.95. The van der Waals surface area contributed by atoms with Crippen LogP contribution in [0.5, 0.6) is 11.5 Å². The van der Waals surface area contributed by atoms with Gasteiger partial charge in [-0.05, 0) is 106 Å². The molecule has 0 saturated carbocycles. The number of hydrogen-bond donors (Lipinski definition) is 0. The van der Waals surface area contributed by atoms with Crippen molar-refractivity contribution in [1.82, 2.24) is 9.80 Å². The van der Waals surface area contributed by atoms with Crippen LogP contribution >= 0.6 is 24.0 Å². The van der Waals surface area contributed by atoms with E-state index in [-0.39, 0.29) is 25.1 Å². The molecule has 0 radical (unpaired) electrons. The van der Waals surface area contributed by atoms with Crippen LogP contribution in [0.25, 0.3) is 6.08 Å². The van der Waals surface area contributed by atoms with E-state index in [1.807, 2.05) is 41.3 Å². The molecule has 1 amide bonds. The van der Waals surface area contributed by atoms with Crippen LogP contribution in [-0.4, -0.2) is 62.8 Å². The van der Waals surface area contributed by atoms with Gasteiger partial charge in [-0.25, -0.2) is 0 Å². The van der Waals surface area contributed by atoms with E-state index in [0.717, 1.165) is 80.4 Å². The Morgan fingerprint density at radius 3 is 2.43 bits per heavy atom. The number of allylic oxidation sites excluding steroid dienone is 2. The molecular weight excluding hydrogens is 593 g/mol. The molecule has 0 unspecified atom stereocenters. The average molecular weight is 637 g/mol. The van der Waals surface area contributed by atoms with Crippen molar-refractivity contribution in [2.45, 2.75) is 38.5 Å². The van der Waals surface area contributed by atoms with Gasteiger partial charge in [0.15, 0.2) is 11.5 Å². The third kappa shape index (κ3) is 9.04. The van der Waals surface area contributed by atoms with Gasteiger partial charge in [0, 0.05) is 42.1 Å². The molecule has 44 heavy (non-hydrogen) atoms. The minimum absolute atomic E-state index is 0. The van der Waals surface area contributed by atoms with E-state index < -0.39 is 0 Å². The summed E-state index contributed by atoms with van der Waals surface area (Å²) in [4.78, 5) is 18.5. The number of likely N-dealkylation sites (tertiary alicyclic amines) is 1. The first-order valence-corrected chi connectivity index (χ1v) is 15.7. The summed E-state index contributed by atoms with van der Waals surface area (Å²) in [5.41, 5.74) is 6.46. The standard InChI is InChI=1S/C19H23ClN2.C17H19NO3.ClH/c1-21(2)12-5-13-22-18-7-4-3-6-15(18)8-9-16-10-11-17(20)14-19(16)22;19-17(18-10-4-1-5-11-18)7-3-2-6-14-8-9-15-16(12-14)21-13-20-15;/h3-4,6-7,10-11,14H,5,8-9,12-13H2,1-2H3;2-3,6-9,12H,1,4-5,10-11,13H2;1H. The second kappa shape index (κ2) is 16.6. The summed E-state index contributed by atoms with van der Waals surface area (Å²) in [6.07, 6.45) is 14.0. The number of hydrogen-bond acceptors (Lipinski definition) is 5. The Labute approximate surface area is 273 Å². The molecule has 3 aliphatic rings. The van der Waals surface area contributed by atoms with Crippen molar-refractivity contribution in [3.8, 4) is 11.5 Å². The number of ether oxygens (including phenoxy) is 2. The highest BCUT2D eigenvalue weighted by Crippen LogP contribution is 2.37. The highest BCUT2D eigenvalue weighted by Gasteiger charge is 2.20. The quantitative estimate of drug-likeness (QED) is 0.195. The van der Waals surface area contributed by atoms with Crippen molar-refractivity contribution < 1.29 is 14.3 Å². The summed E-state index contributed by atoms with van der Waals surface area (Å²) in [6, 6.07) is 20.9. The highest BCUT2D eigenvalue weighted by atomic mass is 35.5. The van der Waals surface area contributed by atoms with E-state index in [4.69, 9.17) is 21.1 Å². The fourth-order valence-electron chi connectivity index (χ4n) is 5.71. The van der Waals surface area contributed by atoms with E-state index in [2.05, 4.69) is 60.3 Å². The smallest absolute Gasteiger partial charge is 0.246 e. The lowest BCUT2D eigenvalue weighted by molar-refractivity contribution is -0.126. The van der Waals surface area contributed by atoms with Gasteiger partial charge in [0.1, 0.15) is 0 Å². The maximum atomic E-state index is 11.9. The summed E-state index contributed by atoms with van der Waals surface area (Å²) in [5.74, 6) is 1.65. The van der Waals surface area contributed by atoms with Crippen molar-refractivity contribution in [2.75, 3.05) is 52.0 Å². The third-order valence-corrected chi connectivity index (χ3v) is 8.21. The van der Waals surface area contributed by atoms with Crippen LogP contribution in [-0.2, 0) is 17.6 Å². The normalized spacial score (nSPS) is 15.4. The number of para-hydroxylation sites is 1. The fourth-order valence-corrected chi connectivity index (χ4v) is 5.88. The molecule has 6 rings (SSSR count). The molecule has 3 heterocycles. The summed E-state index contributed by atoms with van der Waals surface area (Å²) < 4.78 is 10.6. The van der Waals surface area contributed by atoms with E-state index >= 15 is 0 Å². The van der Waals surface area contributed by atoms with Gasteiger partial charge in [-0.2, -0.15) is 0 Å². The number of halogens is 2. The second-order valence-corrected chi connectivity index (χ2v) is 11.9. The van der Waals surface area contributed by atoms with Crippen LogP contribution in [0.3, 0.4) is 0 Å². The molecule has 0 N–H and O–H groups in total. The summed E-state index contributed by atoms with van der Waals surface area (Å²) in [7, 11) is 4.25. The van der Waals surface area contributed by atoms with Gasteiger partial charge < -0.3 is 24.2 Å². The molecule has 0 spiro atoms. The van der Waals surface area contributed by atoms with Crippen molar-refractivity contribution in [2.24, 2.45) is 0 Å². The molecule has 0 atom stereocenters. The van der Waals surface area contributed by atoms with Crippen molar-refractivity contribution in [3.05, 3.63) is 101 Å². The SMILES string of the molecule is CN(C)CCCN1c2ccccc2CCc2ccc(Cl)cc21.Cl.O=C(C=CC=Cc1ccc2c(c1)OCO2)N1CCCCC1. The maximum Gasteiger partial charge on any atom is 0.246 e. The first-order chi connectivity index (χ1) is 21.0. The number of rotatable bonds is 7. The number of aryl methyl sites for hydroxylation is 2. The van der Waals surface area contributed by atoms with Gasteiger partial charge in [-0.3, -0.25) is 4.79 Å². The van der Waals surface area contributed by atoms with Crippen LogP contribution in [0.15, 0.2) is 78.9 Å². The Bertz CT molecular complexity index is 1450. The topological polar surface area (TPSA) is 45.3 Å². The van der Waals surface area contributed by atoms with Gasteiger partial charge in [-0.1, -0.05) is 60.2 Å². The molecule has 3 aliphatic heterocycles. The molecule has 8 heteroatoms. The number of anilines is 2. The third-order valence-electron chi connectivity index (χ3n) is 7.97. The minimum Gasteiger partial charge on any atom is -0.454 e. The van der Waals surface area contributed by atoms with Crippen LogP contribution < -0.4 is 14.4 Å². The van der Waals surface area contributed by atoms with Crippen LogP contribution in [0, 0.1) is 0 Å². The van der Waals surface area contributed by atoms with Crippen LogP contribution in [0.2, 0.25) is 5.02 Å². The number of fused-ring (bicyclic) bond motifs is 3. The number of piperidine rings is 1. The number of carbonyl (C=O) groups excluding carboxylic acids is 1. The highest BCUT2D eigenvalue weighted by molar-refractivity contribution is 6.30. The zero-order valence-corrected chi connectivity index (χ0v) is 27.3. The maximum absolute atomic E-state index is 11.9. The van der Waals surface area contributed by atoms with E-state index in [0.29, 0.717) is 0 Å². The van der Waals surface area contributed by atoms with Gasteiger partial charge in [0.05, 0.1) is 0 Å². The average Bonchev–Trinajstić information content (AvgIpc) is 3.44. The van der Waals surface area contributed by atoms with E-state index in [9.17, 15) is 4.79 Å². The summed E-state index contributed by atoms with van der Waals surface area (Å²) in [6.45, 7) is 4.16. The molecule has 0 bridgehead atoms. The first kappa shape index (κ1) is 33.4. The lowest BCUT2D eigenvalue weighted by Crippen LogP contribution is -2.34. The monoisotopic (exact) mass is 635 g/mol. The molecule has 3 aromatic rings. The number of carbonyl (C=O) groups is 1. The van der Waals surface area contributed by atoms with Crippen LogP contribution in [0.4, 0.5) is 11.4 Å². The summed E-state index contributed by atoms with van der Waals surface area (Å²) in [5, 5.41) is 0.816. The Kier molecular flexibility index (Phi) is 12.6. The van der Waals surface area contributed by atoms with Crippen molar-refractivity contribution >= 4 is 47.4 Å². The first-order valence-electron chi connectivity index (χ1n) is 15.3. The van der Waals surface area contributed by atoms with E-state index in [1.54, 1.807) is 12.2 Å². The predicted molar refractivity (Wildman–Crippen MR) is 184 cm³/mol. The molecule has 1 fully saturated rings. The van der Waals surface area contributed by atoms with Crippen molar-refractivity contribution in [3.63, 3.8) is 0 Å². The number of benzene rings is 3. The fraction of sp³-hybridized carbons (Fsp3) is 0.361. The number of amides is 1. The van der Waals surface area contributed by atoms with Crippen molar-refractivity contribution in [1.29, 1.82) is 0 Å². The summed E-state index contributed by atoms with van der Waals surface area (Å²) >= 11 is 6.27. The van der Waals surface area contributed by atoms with E-state index in [1.165, 1.54) is 28.9 Å². The Morgan fingerprint density at radius 2 is 1.64 bits per heavy atom. The Morgan fingerprint density at radius 1 is 0.886 bits per heavy atom. The molecular formula is C36H43Cl2N3O3. The molecule has 0 aliphatic carbocycles. The zero-order chi connectivity index (χ0) is 30.0. The second-order valence-electron chi connectivity index (χ2n) is 11.4. The van der Waals surface area contributed by atoms with Gasteiger partial charge in [-0.15, -0.1) is 12.4 Å². The molecule has 0 aromatic heterocycles. The number of nitrogens with zero attached hydrogens (tertiary/aromatic N) is 3. The molecule has 3 aromatic carbocycles. The largest absolute Gasteiger partial charge is 0.454 e. The van der Waals surface area contributed by atoms with Gasteiger partial charge in [0.25, 0.3) is 0 Å².